The van der Waals surface area contributed by atoms with Gasteiger partial charge in [0.1, 0.15) is 17.6 Å². The quantitative estimate of drug-likeness (QED) is 0.736. The molecule has 0 aliphatic heterocycles. The highest BCUT2D eigenvalue weighted by molar-refractivity contribution is 5.90. The molecule has 0 saturated heterocycles. The van der Waals surface area contributed by atoms with E-state index in [1.165, 1.54) is 0 Å². The number of nitriles is 1. The molecule has 0 bridgehead atoms. The third-order valence-electron chi connectivity index (χ3n) is 3.79. The SMILES string of the molecule is COc1ccc(/C=C(/C#N)c2nc3ccc(C)cc3[nH]2)c(C)c1. The third-order valence-corrected chi connectivity index (χ3v) is 3.79. The summed E-state index contributed by atoms with van der Waals surface area (Å²) in [5, 5.41) is 9.51. The van der Waals surface area contributed by atoms with Crippen molar-refractivity contribution in [2.45, 2.75) is 13.8 Å². The van der Waals surface area contributed by atoms with Crippen molar-refractivity contribution in [1.82, 2.24) is 9.97 Å². The van der Waals surface area contributed by atoms with Crippen molar-refractivity contribution in [3.05, 3.63) is 58.9 Å². The summed E-state index contributed by atoms with van der Waals surface area (Å²) < 4.78 is 5.21. The molecule has 1 aromatic heterocycles. The summed E-state index contributed by atoms with van der Waals surface area (Å²) in [6.07, 6.45) is 1.85. The number of nitrogens with one attached hydrogen (secondary N) is 1. The number of H-pyrrole nitrogens is 1. The Bertz CT molecular complexity index is 945. The number of ether oxygens (including phenoxy) is 1. The molecule has 114 valence electrons. The average Bonchev–Trinajstić information content (AvgIpc) is 2.96. The molecule has 0 atom stereocenters. The van der Waals surface area contributed by atoms with Gasteiger partial charge >= 0.3 is 0 Å². The predicted molar refractivity (Wildman–Crippen MR) is 92.0 cm³/mol. The van der Waals surface area contributed by atoms with E-state index in [0.717, 1.165) is 33.5 Å². The van der Waals surface area contributed by atoms with Gasteiger partial charge in [-0.3, -0.25) is 0 Å². The maximum absolute atomic E-state index is 9.51. The van der Waals surface area contributed by atoms with E-state index >= 15 is 0 Å². The second kappa shape index (κ2) is 5.98. The fourth-order valence-corrected chi connectivity index (χ4v) is 2.50. The maximum Gasteiger partial charge on any atom is 0.149 e. The second-order valence-corrected chi connectivity index (χ2v) is 5.50. The van der Waals surface area contributed by atoms with Crippen molar-refractivity contribution in [2.75, 3.05) is 7.11 Å². The second-order valence-electron chi connectivity index (χ2n) is 5.50. The van der Waals surface area contributed by atoms with Gasteiger partial charge in [-0.15, -0.1) is 0 Å². The minimum absolute atomic E-state index is 0.507. The number of aryl methyl sites for hydroxylation is 2. The van der Waals surface area contributed by atoms with Crippen LogP contribution >= 0.6 is 0 Å². The minimum atomic E-state index is 0.507. The zero-order valence-electron chi connectivity index (χ0n) is 13.3. The largest absolute Gasteiger partial charge is 0.497 e. The van der Waals surface area contributed by atoms with Crippen LogP contribution in [0.5, 0.6) is 5.75 Å². The van der Waals surface area contributed by atoms with E-state index in [0.29, 0.717) is 11.4 Å². The molecule has 3 rings (SSSR count). The summed E-state index contributed by atoms with van der Waals surface area (Å²) in [7, 11) is 1.64. The zero-order valence-corrected chi connectivity index (χ0v) is 13.3. The number of fused-ring (bicyclic) bond motifs is 1. The van der Waals surface area contributed by atoms with Crippen LogP contribution in [-0.2, 0) is 0 Å². The summed E-state index contributed by atoms with van der Waals surface area (Å²) in [4.78, 5) is 7.74. The van der Waals surface area contributed by atoms with E-state index in [1.807, 2.05) is 56.3 Å². The molecule has 0 fully saturated rings. The number of aromatic amines is 1. The summed E-state index contributed by atoms with van der Waals surface area (Å²) >= 11 is 0. The molecule has 0 spiro atoms. The molecule has 3 aromatic rings. The first-order valence-electron chi connectivity index (χ1n) is 7.34. The van der Waals surface area contributed by atoms with Crippen LogP contribution in [0.15, 0.2) is 36.4 Å². The van der Waals surface area contributed by atoms with Crippen LogP contribution in [0.3, 0.4) is 0 Å². The molecule has 0 saturated carbocycles. The molecule has 0 amide bonds. The molecule has 2 aromatic carbocycles. The van der Waals surface area contributed by atoms with Gasteiger partial charge in [0.05, 0.1) is 23.7 Å². The topological polar surface area (TPSA) is 61.7 Å². The van der Waals surface area contributed by atoms with Crippen molar-refractivity contribution in [3.63, 3.8) is 0 Å². The molecule has 1 N–H and O–H groups in total. The summed E-state index contributed by atoms with van der Waals surface area (Å²) in [5.74, 6) is 1.39. The summed E-state index contributed by atoms with van der Waals surface area (Å²) in [6, 6.07) is 14.0. The zero-order chi connectivity index (χ0) is 16.4. The number of aromatic nitrogens is 2. The van der Waals surface area contributed by atoms with Gasteiger partial charge in [-0.05, 0) is 60.9 Å². The van der Waals surface area contributed by atoms with Crippen LogP contribution < -0.4 is 4.74 Å². The van der Waals surface area contributed by atoms with E-state index in [1.54, 1.807) is 7.11 Å². The van der Waals surface area contributed by atoms with Crippen molar-refractivity contribution >= 4 is 22.7 Å². The van der Waals surface area contributed by atoms with E-state index in [2.05, 4.69) is 16.0 Å². The summed E-state index contributed by atoms with van der Waals surface area (Å²) in [5.41, 5.74) is 5.47. The number of imidazole rings is 1. The summed E-state index contributed by atoms with van der Waals surface area (Å²) in [6.45, 7) is 4.02. The molecule has 0 unspecified atom stereocenters. The van der Waals surface area contributed by atoms with E-state index in [9.17, 15) is 5.26 Å². The average molecular weight is 303 g/mol. The van der Waals surface area contributed by atoms with Crippen LogP contribution in [-0.4, -0.2) is 17.1 Å². The first kappa shape index (κ1) is 14.9. The van der Waals surface area contributed by atoms with Gasteiger partial charge in [0.15, 0.2) is 0 Å². The molecular formula is C19H17N3O. The smallest absolute Gasteiger partial charge is 0.149 e. The molecule has 23 heavy (non-hydrogen) atoms. The Morgan fingerprint density at radius 3 is 2.74 bits per heavy atom. The Morgan fingerprint density at radius 2 is 2.04 bits per heavy atom. The highest BCUT2D eigenvalue weighted by Gasteiger charge is 2.09. The number of hydrogen-bond donors (Lipinski definition) is 1. The van der Waals surface area contributed by atoms with Gasteiger partial charge in [0.2, 0.25) is 0 Å². The van der Waals surface area contributed by atoms with E-state index in [4.69, 9.17) is 4.74 Å². The van der Waals surface area contributed by atoms with Crippen LogP contribution in [0.2, 0.25) is 0 Å². The van der Waals surface area contributed by atoms with Crippen molar-refractivity contribution in [1.29, 1.82) is 5.26 Å². The monoisotopic (exact) mass is 303 g/mol. The lowest BCUT2D eigenvalue weighted by molar-refractivity contribution is 0.414. The van der Waals surface area contributed by atoms with Gasteiger partial charge in [0, 0.05) is 0 Å². The predicted octanol–water partition coefficient (Wildman–Crippen LogP) is 4.25. The van der Waals surface area contributed by atoms with Gasteiger partial charge in [-0.2, -0.15) is 5.26 Å². The molecule has 1 heterocycles. The Kier molecular flexibility index (Phi) is 3.86. The molecule has 4 nitrogen and oxygen atoms in total. The standard InChI is InChI=1S/C19H17N3O/c1-12-4-7-17-18(8-12)22-19(21-17)15(11-20)10-14-5-6-16(23-3)9-13(14)2/h4-10H,1-3H3,(H,21,22)/b15-10-. The van der Waals surface area contributed by atoms with Gasteiger partial charge in [0.25, 0.3) is 0 Å². The Balaban J connectivity index is 2.05. The molecule has 0 aliphatic carbocycles. The lowest BCUT2D eigenvalue weighted by Crippen LogP contribution is -1.89. The van der Waals surface area contributed by atoms with Crippen LogP contribution in [0.25, 0.3) is 22.7 Å². The van der Waals surface area contributed by atoms with Crippen molar-refractivity contribution < 1.29 is 4.74 Å². The van der Waals surface area contributed by atoms with Crippen LogP contribution in [0.4, 0.5) is 0 Å². The minimum Gasteiger partial charge on any atom is -0.497 e. The fraction of sp³-hybridized carbons (Fsp3) is 0.158. The number of hydrogen-bond acceptors (Lipinski definition) is 3. The Morgan fingerprint density at radius 1 is 1.22 bits per heavy atom. The molecule has 0 aliphatic rings. The Hall–Kier alpha value is -3.06. The fourth-order valence-electron chi connectivity index (χ4n) is 2.50. The van der Waals surface area contributed by atoms with Crippen LogP contribution in [0.1, 0.15) is 22.5 Å². The van der Waals surface area contributed by atoms with Crippen LogP contribution in [0, 0.1) is 25.2 Å². The highest BCUT2D eigenvalue weighted by atomic mass is 16.5. The number of allylic oxidation sites excluding steroid dienone is 1. The van der Waals surface area contributed by atoms with E-state index in [-0.39, 0.29) is 0 Å². The molecule has 0 radical (unpaired) electrons. The first-order valence-corrected chi connectivity index (χ1v) is 7.34. The van der Waals surface area contributed by atoms with E-state index < -0.39 is 0 Å². The highest BCUT2D eigenvalue weighted by Crippen LogP contribution is 2.23. The van der Waals surface area contributed by atoms with Gasteiger partial charge in [-0.1, -0.05) is 12.1 Å². The van der Waals surface area contributed by atoms with Gasteiger partial charge < -0.3 is 9.72 Å². The van der Waals surface area contributed by atoms with Crippen molar-refractivity contribution in [2.24, 2.45) is 0 Å². The lowest BCUT2D eigenvalue weighted by atomic mass is 10.1. The maximum atomic E-state index is 9.51. The van der Waals surface area contributed by atoms with Crippen molar-refractivity contribution in [3.8, 4) is 11.8 Å². The number of nitrogens with zero attached hydrogens (tertiary/aromatic N) is 2. The Labute approximate surface area is 135 Å². The number of methoxy groups -OCH3 is 1. The first-order chi connectivity index (χ1) is 11.1. The number of rotatable bonds is 3. The lowest BCUT2D eigenvalue weighted by Gasteiger charge is -2.04. The third kappa shape index (κ3) is 2.95. The normalized spacial score (nSPS) is 11.5. The number of benzene rings is 2. The van der Waals surface area contributed by atoms with Gasteiger partial charge in [-0.25, -0.2) is 4.98 Å². The molecular weight excluding hydrogens is 286 g/mol. The molecule has 4 heteroatoms.